The van der Waals surface area contributed by atoms with E-state index in [0.29, 0.717) is 23.9 Å². The van der Waals surface area contributed by atoms with Crippen LogP contribution < -0.4 is 10.1 Å². The number of nitrogens with zero attached hydrogens (tertiary/aromatic N) is 1. The summed E-state index contributed by atoms with van der Waals surface area (Å²) in [7, 11) is 0. The molecule has 1 heterocycles. The van der Waals surface area contributed by atoms with Crippen LogP contribution in [0.4, 0.5) is 0 Å². The van der Waals surface area contributed by atoms with Crippen LogP contribution in [0.2, 0.25) is 5.02 Å². The molecular weight excluding hydrogens is 360 g/mol. The molecule has 1 aromatic heterocycles. The second kappa shape index (κ2) is 8.49. The number of hydrogen-bond acceptors (Lipinski definition) is 2. The number of benzene rings is 2. The summed E-state index contributed by atoms with van der Waals surface area (Å²) < 4.78 is 7.78. The van der Waals surface area contributed by atoms with E-state index in [1.165, 1.54) is 0 Å². The number of carbonyl (C=O) groups is 1. The Morgan fingerprint density at radius 2 is 1.96 bits per heavy atom. The van der Waals surface area contributed by atoms with Gasteiger partial charge in [0.2, 0.25) is 0 Å². The fraction of sp³-hybridized carbons (Fsp3) is 0.318. The molecule has 0 radical (unpaired) electrons. The maximum absolute atomic E-state index is 12.9. The Balaban J connectivity index is 2.12. The molecule has 0 aliphatic heterocycles. The van der Waals surface area contributed by atoms with E-state index in [4.69, 9.17) is 16.3 Å². The van der Waals surface area contributed by atoms with E-state index in [2.05, 4.69) is 12.2 Å². The predicted octanol–water partition coefficient (Wildman–Crippen LogP) is 5.27. The number of nitrogens with one attached hydrogen (secondary N) is 1. The topological polar surface area (TPSA) is 43.3 Å². The number of hydrogen-bond donors (Lipinski definition) is 1. The largest absolute Gasteiger partial charge is 0.493 e. The highest BCUT2D eigenvalue weighted by atomic mass is 35.5. The van der Waals surface area contributed by atoms with Crippen molar-refractivity contribution in [2.45, 2.75) is 39.8 Å². The molecule has 3 rings (SSSR count). The molecule has 27 heavy (non-hydrogen) atoms. The van der Waals surface area contributed by atoms with E-state index < -0.39 is 0 Å². The maximum Gasteiger partial charge on any atom is 0.268 e. The van der Waals surface area contributed by atoms with Gasteiger partial charge in [-0.1, -0.05) is 42.8 Å². The third-order valence-electron chi connectivity index (χ3n) is 4.71. The van der Waals surface area contributed by atoms with Crippen LogP contribution >= 0.6 is 11.6 Å². The van der Waals surface area contributed by atoms with E-state index >= 15 is 0 Å². The summed E-state index contributed by atoms with van der Waals surface area (Å²) in [6, 6.07) is 15.6. The number of carbonyl (C=O) groups excluding carboxylic acids is 1. The summed E-state index contributed by atoms with van der Waals surface area (Å²) in [6.07, 6.45) is 0.876. The lowest BCUT2D eigenvalue weighted by Gasteiger charge is -2.15. The van der Waals surface area contributed by atoms with Crippen molar-refractivity contribution >= 4 is 28.4 Å². The molecular formula is C22H25ClN2O2. The van der Waals surface area contributed by atoms with Gasteiger partial charge >= 0.3 is 0 Å². The summed E-state index contributed by atoms with van der Waals surface area (Å²) in [5, 5.41) is 4.69. The molecule has 1 atom stereocenters. The van der Waals surface area contributed by atoms with Crippen LogP contribution in [0.25, 0.3) is 10.9 Å². The van der Waals surface area contributed by atoms with Gasteiger partial charge in [0.05, 0.1) is 12.1 Å². The number of amides is 1. The third-order valence-corrected chi connectivity index (χ3v) is 5.08. The Morgan fingerprint density at radius 3 is 2.67 bits per heavy atom. The van der Waals surface area contributed by atoms with Crippen molar-refractivity contribution in [2.75, 3.05) is 6.61 Å². The highest BCUT2D eigenvalue weighted by Crippen LogP contribution is 2.30. The molecule has 142 valence electrons. The van der Waals surface area contributed by atoms with Crippen molar-refractivity contribution in [1.82, 2.24) is 9.88 Å². The Hall–Kier alpha value is -2.46. The van der Waals surface area contributed by atoms with Crippen LogP contribution in [-0.4, -0.2) is 23.1 Å². The fourth-order valence-corrected chi connectivity index (χ4v) is 3.29. The second-order valence-corrected chi connectivity index (χ2v) is 7.02. The third kappa shape index (κ3) is 4.11. The molecule has 2 aromatic carbocycles. The summed E-state index contributed by atoms with van der Waals surface area (Å²) >= 11 is 6.37. The van der Waals surface area contributed by atoms with Gasteiger partial charge in [-0.3, -0.25) is 4.79 Å². The van der Waals surface area contributed by atoms with Gasteiger partial charge in [0, 0.05) is 23.0 Å². The summed E-state index contributed by atoms with van der Waals surface area (Å²) in [5.74, 6) is 0.695. The molecule has 0 spiro atoms. The van der Waals surface area contributed by atoms with Gasteiger partial charge in [-0.15, -0.1) is 0 Å². The van der Waals surface area contributed by atoms with Gasteiger partial charge in [-0.2, -0.15) is 0 Å². The highest BCUT2D eigenvalue weighted by Gasteiger charge is 2.19. The van der Waals surface area contributed by atoms with Crippen molar-refractivity contribution in [3.8, 4) is 5.75 Å². The van der Waals surface area contributed by atoms with E-state index in [9.17, 15) is 4.79 Å². The molecule has 1 N–H and O–H groups in total. The van der Waals surface area contributed by atoms with Crippen LogP contribution in [0.1, 0.15) is 43.2 Å². The molecule has 0 aliphatic rings. The second-order valence-electron chi connectivity index (χ2n) is 6.61. The lowest BCUT2D eigenvalue weighted by molar-refractivity contribution is 0.0931. The first-order valence-electron chi connectivity index (χ1n) is 9.34. The Kier molecular flexibility index (Phi) is 6.07. The molecule has 0 saturated heterocycles. The first-order valence-corrected chi connectivity index (χ1v) is 9.72. The molecule has 1 amide bonds. The lowest BCUT2D eigenvalue weighted by Crippen LogP contribution is -2.33. The van der Waals surface area contributed by atoms with Gasteiger partial charge < -0.3 is 14.6 Å². The minimum atomic E-state index is -0.0879. The zero-order valence-corrected chi connectivity index (χ0v) is 16.7. The van der Waals surface area contributed by atoms with Gasteiger partial charge in [0.1, 0.15) is 11.4 Å². The van der Waals surface area contributed by atoms with Gasteiger partial charge in [0.25, 0.3) is 5.91 Å². The first-order chi connectivity index (χ1) is 13.0. The molecule has 0 fully saturated rings. The zero-order chi connectivity index (χ0) is 19.4. The molecule has 0 unspecified atom stereocenters. The molecule has 0 saturated carbocycles. The van der Waals surface area contributed by atoms with Crippen molar-refractivity contribution in [1.29, 1.82) is 0 Å². The van der Waals surface area contributed by atoms with Crippen LogP contribution in [0.3, 0.4) is 0 Å². The fourth-order valence-electron chi connectivity index (χ4n) is 3.09. The van der Waals surface area contributed by atoms with Crippen molar-refractivity contribution in [3.63, 3.8) is 0 Å². The zero-order valence-electron chi connectivity index (χ0n) is 16.0. The number of ether oxygens (including phenoxy) is 1. The van der Waals surface area contributed by atoms with E-state index in [0.717, 1.165) is 28.6 Å². The van der Waals surface area contributed by atoms with Crippen LogP contribution in [0.15, 0.2) is 48.5 Å². The smallest absolute Gasteiger partial charge is 0.268 e. The standard InChI is InChI=1S/C22H25ClN2O2/c1-4-15(3)24-22(26)20-13-17-19(11-8-12-21(17)27-5-2)25(20)14-16-9-6-7-10-18(16)23/h6-13,15H,4-5,14H2,1-3H3,(H,24,26)/t15-/m0/s1. The van der Waals surface area contributed by atoms with E-state index in [1.807, 2.05) is 66.9 Å². The predicted molar refractivity (Wildman–Crippen MR) is 111 cm³/mol. The first kappa shape index (κ1) is 19.3. The maximum atomic E-state index is 12.9. The number of fused-ring (bicyclic) bond motifs is 1. The SMILES string of the molecule is CCOc1cccc2c1cc(C(=O)N[C@@H](C)CC)n2Cc1ccccc1Cl. The number of rotatable bonds is 7. The highest BCUT2D eigenvalue weighted by molar-refractivity contribution is 6.31. The van der Waals surface area contributed by atoms with Crippen LogP contribution in [-0.2, 0) is 6.54 Å². The van der Waals surface area contributed by atoms with Crippen LogP contribution in [0.5, 0.6) is 5.75 Å². The van der Waals surface area contributed by atoms with Crippen LogP contribution in [0, 0.1) is 0 Å². The Labute approximate surface area is 165 Å². The summed E-state index contributed by atoms with van der Waals surface area (Å²) in [6.45, 7) is 7.10. The Bertz CT molecular complexity index is 949. The van der Waals surface area contributed by atoms with Crippen molar-refractivity contribution < 1.29 is 9.53 Å². The van der Waals surface area contributed by atoms with E-state index in [1.54, 1.807) is 0 Å². The molecule has 4 nitrogen and oxygen atoms in total. The number of halogens is 1. The molecule has 0 aliphatic carbocycles. The van der Waals surface area contributed by atoms with E-state index in [-0.39, 0.29) is 11.9 Å². The summed E-state index contributed by atoms with van der Waals surface area (Å²) in [4.78, 5) is 12.9. The van der Waals surface area contributed by atoms with Gasteiger partial charge in [-0.05, 0) is 50.1 Å². The minimum absolute atomic E-state index is 0.0879. The average Bonchev–Trinajstić information content (AvgIpc) is 3.03. The minimum Gasteiger partial charge on any atom is -0.493 e. The van der Waals surface area contributed by atoms with Crippen molar-refractivity contribution in [2.24, 2.45) is 0 Å². The molecule has 0 bridgehead atoms. The molecule has 3 aromatic rings. The van der Waals surface area contributed by atoms with Gasteiger partial charge in [0.15, 0.2) is 0 Å². The lowest BCUT2D eigenvalue weighted by atomic mass is 10.2. The summed E-state index contributed by atoms with van der Waals surface area (Å²) in [5.41, 5.74) is 2.53. The Morgan fingerprint density at radius 1 is 1.19 bits per heavy atom. The normalized spacial score (nSPS) is 12.1. The quantitative estimate of drug-likeness (QED) is 0.603. The molecule has 5 heteroatoms. The number of aromatic nitrogens is 1. The monoisotopic (exact) mass is 384 g/mol. The van der Waals surface area contributed by atoms with Crippen molar-refractivity contribution in [3.05, 3.63) is 64.8 Å². The van der Waals surface area contributed by atoms with Gasteiger partial charge in [-0.25, -0.2) is 0 Å². The average molecular weight is 385 g/mol.